The molecule has 0 saturated carbocycles. The number of nitrogens with one attached hydrogen (secondary N) is 1. The third-order valence-corrected chi connectivity index (χ3v) is 4.97. The van der Waals surface area contributed by atoms with E-state index in [1.54, 1.807) is 20.4 Å². The van der Waals surface area contributed by atoms with Gasteiger partial charge in [-0.25, -0.2) is 4.98 Å². The molecule has 1 unspecified atom stereocenters. The third kappa shape index (κ3) is 4.00. The zero-order valence-electron chi connectivity index (χ0n) is 16.8. The molecule has 29 heavy (non-hydrogen) atoms. The van der Waals surface area contributed by atoms with Crippen molar-refractivity contribution >= 4 is 0 Å². The number of aromatic nitrogens is 2. The Morgan fingerprint density at radius 3 is 2.55 bits per heavy atom. The van der Waals surface area contributed by atoms with Crippen LogP contribution in [-0.4, -0.2) is 37.0 Å². The van der Waals surface area contributed by atoms with Crippen LogP contribution in [0.2, 0.25) is 0 Å². The first-order chi connectivity index (χ1) is 14.2. The van der Waals surface area contributed by atoms with Gasteiger partial charge in [-0.05, 0) is 23.8 Å². The van der Waals surface area contributed by atoms with E-state index in [1.165, 1.54) is 0 Å². The van der Waals surface area contributed by atoms with Gasteiger partial charge in [0.2, 0.25) is 0 Å². The van der Waals surface area contributed by atoms with Gasteiger partial charge < -0.3 is 23.5 Å². The summed E-state index contributed by atoms with van der Waals surface area (Å²) < 4.78 is 24.5. The predicted molar refractivity (Wildman–Crippen MR) is 109 cm³/mol. The van der Waals surface area contributed by atoms with Crippen LogP contribution in [0.25, 0.3) is 0 Å². The van der Waals surface area contributed by atoms with Crippen molar-refractivity contribution in [2.24, 2.45) is 7.05 Å². The summed E-state index contributed by atoms with van der Waals surface area (Å²) in [4.78, 5) is 4.57. The maximum Gasteiger partial charge on any atom is 0.165 e. The monoisotopic (exact) mass is 395 g/mol. The summed E-state index contributed by atoms with van der Waals surface area (Å²) in [5.74, 6) is 3.94. The lowest BCUT2D eigenvalue weighted by Crippen LogP contribution is -2.26. The number of methoxy groups -OCH3 is 2. The molecule has 2 aromatic carbocycles. The van der Waals surface area contributed by atoms with Crippen molar-refractivity contribution < 1.29 is 18.9 Å². The lowest BCUT2D eigenvalue weighted by atomic mass is 10.0. The van der Waals surface area contributed by atoms with Gasteiger partial charge in [-0.3, -0.25) is 5.32 Å². The highest BCUT2D eigenvalue weighted by molar-refractivity contribution is 5.48. The number of benzene rings is 2. The van der Waals surface area contributed by atoms with Crippen molar-refractivity contribution in [3.05, 3.63) is 65.7 Å². The van der Waals surface area contributed by atoms with Gasteiger partial charge in [0.25, 0.3) is 0 Å². The molecule has 0 radical (unpaired) electrons. The van der Waals surface area contributed by atoms with Crippen LogP contribution in [0.3, 0.4) is 0 Å². The van der Waals surface area contributed by atoms with E-state index in [9.17, 15) is 0 Å². The average molecular weight is 395 g/mol. The normalized spacial score (nSPS) is 13.8. The molecule has 0 fully saturated rings. The number of hydrogen-bond acceptors (Lipinski definition) is 6. The minimum atomic E-state index is -0.167. The lowest BCUT2D eigenvalue weighted by molar-refractivity contribution is 0.169. The molecule has 152 valence electrons. The Morgan fingerprint density at radius 2 is 1.86 bits per heavy atom. The molecule has 7 heteroatoms. The largest absolute Gasteiger partial charge is 0.497 e. The summed E-state index contributed by atoms with van der Waals surface area (Å²) in [5, 5.41) is 3.62. The molecule has 2 heterocycles. The molecule has 0 spiro atoms. The molecule has 0 bridgehead atoms. The van der Waals surface area contributed by atoms with Crippen molar-refractivity contribution in [3.63, 3.8) is 0 Å². The molecule has 0 amide bonds. The van der Waals surface area contributed by atoms with Crippen LogP contribution in [0.4, 0.5) is 0 Å². The highest BCUT2D eigenvalue weighted by Crippen LogP contribution is 2.35. The number of aryl methyl sites for hydroxylation is 1. The zero-order chi connectivity index (χ0) is 20.2. The lowest BCUT2D eigenvalue weighted by Gasteiger charge is -2.24. The van der Waals surface area contributed by atoms with E-state index in [2.05, 4.69) is 10.3 Å². The molecule has 4 rings (SSSR count). The molecule has 1 aliphatic rings. The summed E-state index contributed by atoms with van der Waals surface area (Å²) in [6.45, 7) is 1.72. The molecular weight excluding hydrogens is 370 g/mol. The fraction of sp³-hybridized carbons (Fsp3) is 0.318. The SMILES string of the molecule is COc1cc(OC)cc(C(NCc2cccc3c2OCCO3)c2nccn2C)c1. The first kappa shape index (κ1) is 19.1. The van der Waals surface area contributed by atoms with Crippen LogP contribution in [0.15, 0.2) is 48.8 Å². The Hall–Kier alpha value is -3.19. The van der Waals surface area contributed by atoms with Gasteiger partial charge in [0.05, 0.1) is 20.3 Å². The van der Waals surface area contributed by atoms with Gasteiger partial charge in [-0.15, -0.1) is 0 Å². The highest BCUT2D eigenvalue weighted by Gasteiger charge is 2.22. The van der Waals surface area contributed by atoms with Crippen molar-refractivity contribution in [2.45, 2.75) is 12.6 Å². The van der Waals surface area contributed by atoms with Gasteiger partial charge in [0, 0.05) is 37.6 Å². The molecule has 1 aromatic heterocycles. The maximum atomic E-state index is 5.85. The quantitative estimate of drug-likeness (QED) is 0.663. The van der Waals surface area contributed by atoms with Crippen molar-refractivity contribution in [3.8, 4) is 23.0 Å². The van der Waals surface area contributed by atoms with Crippen molar-refractivity contribution in [1.29, 1.82) is 0 Å². The topological polar surface area (TPSA) is 66.8 Å². The van der Waals surface area contributed by atoms with E-state index in [0.717, 1.165) is 39.9 Å². The van der Waals surface area contributed by atoms with Crippen LogP contribution in [0, 0.1) is 0 Å². The summed E-state index contributed by atoms with van der Waals surface area (Å²) in [6, 6.07) is 11.6. The Balaban J connectivity index is 1.67. The number of ether oxygens (including phenoxy) is 4. The standard InChI is InChI=1S/C22H25N3O4/c1-25-8-7-23-22(25)20(16-11-17(26-2)13-18(12-16)27-3)24-14-15-5-4-6-19-21(15)29-10-9-28-19/h4-8,11-13,20,24H,9-10,14H2,1-3H3. The van der Waals surface area contributed by atoms with E-state index >= 15 is 0 Å². The van der Waals surface area contributed by atoms with Gasteiger partial charge in [0.15, 0.2) is 11.5 Å². The fourth-order valence-electron chi connectivity index (χ4n) is 3.49. The van der Waals surface area contributed by atoms with E-state index in [0.29, 0.717) is 19.8 Å². The smallest absolute Gasteiger partial charge is 0.165 e. The van der Waals surface area contributed by atoms with E-state index < -0.39 is 0 Å². The van der Waals surface area contributed by atoms with Gasteiger partial charge in [0.1, 0.15) is 30.5 Å². The summed E-state index contributed by atoms with van der Waals surface area (Å²) in [6.07, 6.45) is 3.73. The van der Waals surface area contributed by atoms with Crippen LogP contribution in [0.1, 0.15) is 23.0 Å². The van der Waals surface area contributed by atoms with Crippen LogP contribution >= 0.6 is 0 Å². The highest BCUT2D eigenvalue weighted by atomic mass is 16.6. The number of imidazole rings is 1. The minimum absolute atomic E-state index is 0.167. The second-order valence-corrected chi connectivity index (χ2v) is 6.80. The second-order valence-electron chi connectivity index (χ2n) is 6.80. The van der Waals surface area contributed by atoms with Gasteiger partial charge >= 0.3 is 0 Å². The number of hydrogen-bond donors (Lipinski definition) is 1. The van der Waals surface area contributed by atoms with Crippen LogP contribution < -0.4 is 24.3 Å². The third-order valence-electron chi connectivity index (χ3n) is 4.97. The van der Waals surface area contributed by atoms with E-state index in [1.807, 2.05) is 54.2 Å². The Kier molecular flexibility index (Phi) is 5.57. The molecule has 3 aromatic rings. The van der Waals surface area contributed by atoms with E-state index in [4.69, 9.17) is 18.9 Å². The first-order valence-corrected chi connectivity index (χ1v) is 9.50. The number of para-hydroxylation sites is 1. The van der Waals surface area contributed by atoms with Gasteiger partial charge in [-0.2, -0.15) is 0 Å². The fourth-order valence-corrected chi connectivity index (χ4v) is 3.49. The maximum absolute atomic E-state index is 5.85. The molecule has 7 nitrogen and oxygen atoms in total. The number of rotatable bonds is 7. The summed E-state index contributed by atoms with van der Waals surface area (Å²) in [7, 11) is 5.28. The summed E-state index contributed by atoms with van der Waals surface area (Å²) in [5.41, 5.74) is 2.04. The van der Waals surface area contributed by atoms with Crippen molar-refractivity contribution in [2.75, 3.05) is 27.4 Å². The summed E-state index contributed by atoms with van der Waals surface area (Å²) >= 11 is 0. The second kappa shape index (κ2) is 8.45. The molecule has 1 aliphatic heterocycles. The average Bonchev–Trinajstić information content (AvgIpc) is 3.19. The van der Waals surface area contributed by atoms with Crippen LogP contribution in [0.5, 0.6) is 23.0 Å². The Bertz CT molecular complexity index is 964. The molecule has 1 atom stereocenters. The van der Waals surface area contributed by atoms with Crippen LogP contribution in [-0.2, 0) is 13.6 Å². The zero-order valence-corrected chi connectivity index (χ0v) is 16.8. The first-order valence-electron chi connectivity index (χ1n) is 9.50. The number of nitrogens with zero attached hydrogens (tertiary/aromatic N) is 2. The molecule has 0 aliphatic carbocycles. The Morgan fingerprint density at radius 1 is 1.10 bits per heavy atom. The predicted octanol–water partition coefficient (Wildman–Crippen LogP) is 3.09. The Labute approximate surface area is 170 Å². The van der Waals surface area contributed by atoms with E-state index in [-0.39, 0.29) is 6.04 Å². The molecule has 1 N–H and O–H groups in total. The van der Waals surface area contributed by atoms with Crippen molar-refractivity contribution in [1.82, 2.24) is 14.9 Å². The minimum Gasteiger partial charge on any atom is -0.497 e. The molecule has 0 saturated heterocycles. The van der Waals surface area contributed by atoms with Gasteiger partial charge in [-0.1, -0.05) is 12.1 Å². The number of fused-ring (bicyclic) bond motifs is 1. The molecular formula is C22H25N3O4.